The van der Waals surface area contributed by atoms with E-state index in [9.17, 15) is 10.1 Å². The highest BCUT2D eigenvalue weighted by Gasteiger charge is 2.16. The smallest absolute Gasteiger partial charge is 0.258 e. The molecule has 1 unspecified atom stereocenters. The minimum atomic E-state index is -0.553. The van der Waals surface area contributed by atoms with E-state index < -0.39 is 4.92 Å². The predicted molar refractivity (Wildman–Crippen MR) is 66.0 cm³/mol. The van der Waals surface area contributed by atoms with Gasteiger partial charge in [0.1, 0.15) is 11.6 Å². The van der Waals surface area contributed by atoms with Crippen LogP contribution >= 0.6 is 11.6 Å². The first-order chi connectivity index (χ1) is 7.95. The number of halogens is 1. The lowest BCUT2D eigenvalue weighted by Gasteiger charge is -2.13. The second kappa shape index (κ2) is 5.65. The van der Waals surface area contributed by atoms with Crippen LogP contribution in [0.5, 0.6) is 0 Å². The molecule has 0 aliphatic carbocycles. The van der Waals surface area contributed by atoms with Crippen molar-refractivity contribution in [2.45, 2.75) is 25.6 Å². The molecule has 0 N–H and O–H groups in total. The predicted octanol–water partition coefficient (Wildman–Crippen LogP) is 3.27. The van der Waals surface area contributed by atoms with Gasteiger partial charge in [0.2, 0.25) is 0 Å². The molecule has 0 aliphatic heterocycles. The Morgan fingerprint density at radius 2 is 2.18 bits per heavy atom. The Kier molecular flexibility index (Phi) is 4.47. The van der Waals surface area contributed by atoms with Gasteiger partial charge in [-0.05, 0) is 24.0 Å². The fourth-order valence-corrected chi connectivity index (χ4v) is 1.60. The zero-order valence-corrected chi connectivity index (χ0v) is 10.4. The number of nitriles is 1. The van der Waals surface area contributed by atoms with Gasteiger partial charge >= 0.3 is 0 Å². The van der Waals surface area contributed by atoms with Gasteiger partial charge < -0.3 is 0 Å². The first kappa shape index (κ1) is 13.5. The second-order valence-corrected chi connectivity index (χ2v) is 4.75. The Balaban J connectivity index is 2.99. The van der Waals surface area contributed by atoms with E-state index in [1.165, 1.54) is 12.1 Å². The van der Waals surface area contributed by atoms with E-state index in [1.54, 1.807) is 6.07 Å². The van der Waals surface area contributed by atoms with Crippen LogP contribution in [0.15, 0.2) is 18.2 Å². The number of nitro groups is 1. The molecule has 1 aromatic carbocycles. The molecule has 0 saturated heterocycles. The summed E-state index contributed by atoms with van der Waals surface area (Å²) in [5, 5.41) is 19.5. The summed E-state index contributed by atoms with van der Waals surface area (Å²) < 4.78 is 0. The summed E-state index contributed by atoms with van der Waals surface area (Å²) in [5.41, 5.74) is 0.771. The number of rotatable bonds is 4. The average Bonchev–Trinajstić information content (AvgIpc) is 2.28. The van der Waals surface area contributed by atoms with Gasteiger partial charge in [0.05, 0.1) is 4.92 Å². The van der Waals surface area contributed by atoms with Gasteiger partial charge in [0.25, 0.3) is 5.69 Å². The molecule has 0 heterocycles. The van der Waals surface area contributed by atoms with Gasteiger partial charge in [0, 0.05) is 11.4 Å². The fourth-order valence-electron chi connectivity index (χ4n) is 1.42. The lowest BCUT2D eigenvalue weighted by molar-refractivity contribution is -0.385. The SMILES string of the molecule is CC(C)C(Cl)Cc1ccc([N+](=O)[O-])c(C#N)c1. The third kappa shape index (κ3) is 3.43. The van der Waals surface area contributed by atoms with Gasteiger partial charge in [-0.2, -0.15) is 5.26 Å². The molecule has 0 saturated carbocycles. The van der Waals surface area contributed by atoms with Crippen molar-refractivity contribution in [3.8, 4) is 6.07 Å². The Labute approximate surface area is 105 Å². The van der Waals surface area contributed by atoms with E-state index in [0.717, 1.165) is 5.56 Å². The molecule has 1 atom stereocenters. The van der Waals surface area contributed by atoms with Crippen molar-refractivity contribution in [3.63, 3.8) is 0 Å². The minimum Gasteiger partial charge on any atom is -0.258 e. The van der Waals surface area contributed by atoms with E-state index in [0.29, 0.717) is 12.3 Å². The van der Waals surface area contributed by atoms with Crippen LogP contribution in [0.1, 0.15) is 25.0 Å². The molecule has 0 bridgehead atoms. The van der Waals surface area contributed by atoms with Crippen molar-refractivity contribution in [2.24, 2.45) is 5.92 Å². The van der Waals surface area contributed by atoms with Crippen molar-refractivity contribution in [3.05, 3.63) is 39.4 Å². The van der Waals surface area contributed by atoms with Crippen molar-refractivity contribution >= 4 is 17.3 Å². The van der Waals surface area contributed by atoms with Gasteiger partial charge in [-0.3, -0.25) is 10.1 Å². The molecular formula is C12H13ClN2O2. The van der Waals surface area contributed by atoms with E-state index in [4.69, 9.17) is 16.9 Å². The maximum absolute atomic E-state index is 10.7. The maximum Gasteiger partial charge on any atom is 0.287 e. The lowest BCUT2D eigenvalue weighted by atomic mass is 10.00. The van der Waals surface area contributed by atoms with Crippen LogP contribution < -0.4 is 0 Å². The lowest BCUT2D eigenvalue weighted by Crippen LogP contribution is -2.11. The summed E-state index contributed by atoms with van der Waals surface area (Å²) in [4.78, 5) is 10.1. The van der Waals surface area contributed by atoms with Crippen LogP contribution in [-0.2, 0) is 6.42 Å². The second-order valence-electron chi connectivity index (χ2n) is 4.18. The Bertz CT molecular complexity index is 466. The third-order valence-corrected chi connectivity index (χ3v) is 3.19. The summed E-state index contributed by atoms with van der Waals surface area (Å²) in [6, 6.07) is 6.38. The number of alkyl halides is 1. The van der Waals surface area contributed by atoms with Crippen LogP contribution in [0.3, 0.4) is 0 Å². The normalized spacial score (nSPS) is 12.2. The summed E-state index contributed by atoms with van der Waals surface area (Å²) in [6.45, 7) is 4.02. The van der Waals surface area contributed by atoms with Gasteiger partial charge in [-0.15, -0.1) is 11.6 Å². The monoisotopic (exact) mass is 252 g/mol. The molecule has 1 rings (SSSR count). The number of nitro benzene ring substituents is 1. The number of hydrogen-bond donors (Lipinski definition) is 0. The van der Waals surface area contributed by atoms with Crippen LogP contribution in [0.4, 0.5) is 5.69 Å². The molecule has 4 nitrogen and oxygen atoms in total. The van der Waals surface area contributed by atoms with Gasteiger partial charge in [-0.25, -0.2) is 0 Å². The van der Waals surface area contributed by atoms with Crippen molar-refractivity contribution in [2.75, 3.05) is 0 Å². The number of hydrogen-bond acceptors (Lipinski definition) is 3. The molecular weight excluding hydrogens is 240 g/mol. The highest BCUT2D eigenvalue weighted by Crippen LogP contribution is 2.22. The van der Waals surface area contributed by atoms with Crippen LogP contribution in [0.2, 0.25) is 0 Å². The van der Waals surface area contributed by atoms with E-state index in [1.807, 2.05) is 19.9 Å². The molecule has 0 amide bonds. The average molecular weight is 253 g/mol. The molecule has 5 heteroatoms. The summed E-state index contributed by atoms with van der Waals surface area (Å²) in [6.07, 6.45) is 0.603. The minimum absolute atomic E-state index is 0.0389. The fraction of sp³-hybridized carbons (Fsp3) is 0.417. The van der Waals surface area contributed by atoms with E-state index in [-0.39, 0.29) is 16.6 Å². The highest BCUT2D eigenvalue weighted by atomic mass is 35.5. The number of benzene rings is 1. The topological polar surface area (TPSA) is 66.9 Å². The zero-order valence-electron chi connectivity index (χ0n) is 9.68. The molecule has 1 aromatic rings. The summed E-state index contributed by atoms with van der Waals surface area (Å²) >= 11 is 6.13. The molecule has 17 heavy (non-hydrogen) atoms. The van der Waals surface area contributed by atoms with Crippen LogP contribution in [-0.4, -0.2) is 10.3 Å². The van der Waals surface area contributed by atoms with Crippen molar-refractivity contribution in [1.29, 1.82) is 5.26 Å². The van der Waals surface area contributed by atoms with Gasteiger partial charge in [0.15, 0.2) is 0 Å². The van der Waals surface area contributed by atoms with E-state index in [2.05, 4.69) is 0 Å². The quantitative estimate of drug-likeness (QED) is 0.469. The third-order valence-electron chi connectivity index (χ3n) is 2.53. The standard InChI is InChI=1S/C12H13ClN2O2/c1-8(2)11(13)6-9-3-4-12(15(16)17)10(5-9)7-14/h3-5,8,11H,6H2,1-2H3. The molecule has 0 radical (unpaired) electrons. The Morgan fingerprint density at radius 3 is 2.65 bits per heavy atom. The first-order valence-electron chi connectivity index (χ1n) is 5.27. The van der Waals surface area contributed by atoms with Crippen molar-refractivity contribution in [1.82, 2.24) is 0 Å². The summed E-state index contributed by atoms with van der Waals surface area (Å²) in [7, 11) is 0. The molecule has 0 aromatic heterocycles. The zero-order chi connectivity index (χ0) is 13.0. The first-order valence-corrected chi connectivity index (χ1v) is 5.70. The van der Waals surface area contributed by atoms with Crippen LogP contribution in [0, 0.1) is 27.4 Å². The summed E-state index contributed by atoms with van der Waals surface area (Å²) in [5.74, 6) is 0.317. The van der Waals surface area contributed by atoms with Gasteiger partial charge in [-0.1, -0.05) is 19.9 Å². The van der Waals surface area contributed by atoms with Crippen LogP contribution in [0.25, 0.3) is 0 Å². The molecule has 90 valence electrons. The van der Waals surface area contributed by atoms with Crippen molar-refractivity contribution < 1.29 is 4.92 Å². The molecule has 0 spiro atoms. The number of nitrogens with zero attached hydrogens (tertiary/aromatic N) is 2. The van der Waals surface area contributed by atoms with E-state index >= 15 is 0 Å². The highest BCUT2D eigenvalue weighted by molar-refractivity contribution is 6.20. The Hall–Kier alpha value is -1.60. The Morgan fingerprint density at radius 1 is 1.53 bits per heavy atom. The largest absolute Gasteiger partial charge is 0.287 e. The molecule has 0 fully saturated rings. The molecule has 0 aliphatic rings. The maximum atomic E-state index is 10.7.